The van der Waals surface area contributed by atoms with E-state index in [0.717, 1.165) is 29.4 Å². The fraction of sp³-hybridized carbons (Fsp3) is 0.524. The minimum Gasteiger partial charge on any atom is -0.490 e. The fourth-order valence-corrected chi connectivity index (χ4v) is 2.99. The average Bonchev–Trinajstić information content (AvgIpc) is 3.01. The number of guanidine groups is 1. The van der Waals surface area contributed by atoms with Crippen LogP contribution in [0.15, 0.2) is 35.5 Å². The van der Waals surface area contributed by atoms with Crippen molar-refractivity contribution in [2.75, 3.05) is 7.05 Å². The molecule has 1 atom stereocenters. The Balaban J connectivity index is 0.00000392. The Hall–Kier alpha value is -1.77. The van der Waals surface area contributed by atoms with Gasteiger partial charge in [-0.3, -0.25) is 9.67 Å². The van der Waals surface area contributed by atoms with Crippen molar-refractivity contribution < 1.29 is 4.74 Å². The van der Waals surface area contributed by atoms with Crippen molar-refractivity contribution in [2.24, 2.45) is 18.0 Å². The Kier molecular flexibility index (Phi) is 10.3. The van der Waals surface area contributed by atoms with Gasteiger partial charge in [-0.25, -0.2) is 0 Å². The lowest BCUT2D eigenvalue weighted by Gasteiger charge is -2.20. The number of hydrogen-bond acceptors (Lipinski definition) is 3. The Bertz CT molecular complexity index is 757. The SMILES string of the molecule is CN=C(NCc1ccc(C)cc1OC(C)CC(C)C)NCc1ccnn1C.I. The van der Waals surface area contributed by atoms with Crippen LogP contribution in [0, 0.1) is 12.8 Å². The molecule has 2 aromatic rings. The first-order valence-corrected chi connectivity index (χ1v) is 9.56. The van der Waals surface area contributed by atoms with E-state index >= 15 is 0 Å². The Morgan fingerprint density at radius 2 is 1.89 bits per heavy atom. The van der Waals surface area contributed by atoms with Crippen LogP contribution in [-0.4, -0.2) is 28.9 Å². The zero-order valence-electron chi connectivity index (χ0n) is 17.8. The molecule has 0 fully saturated rings. The van der Waals surface area contributed by atoms with Crippen molar-refractivity contribution in [3.63, 3.8) is 0 Å². The molecule has 2 N–H and O–H groups in total. The lowest BCUT2D eigenvalue weighted by molar-refractivity contribution is 0.191. The molecular formula is C21H34IN5O. The van der Waals surface area contributed by atoms with E-state index in [1.165, 1.54) is 5.56 Å². The number of aliphatic imine (C=N–C) groups is 1. The van der Waals surface area contributed by atoms with Crippen molar-refractivity contribution in [1.82, 2.24) is 20.4 Å². The standard InChI is InChI=1S/C21H33N5O.HI/c1-15(2)11-17(4)27-20-12-16(3)7-8-18(20)13-23-21(22-5)24-14-19-9-10-25-26(19)6;/h7-10,12,15,17H,11,13-14H2,1-6H3,(H2,22,23,24);1H. The zero-order chi connectivity index (χ0) is 19.8. The smallest absolute Gasteiger partial charge is 0.191 e. The maximum Gasteiger partial charge on any atom is 0.191 e. The highest BCUT2D eigenvalue weighted by Gasteiger charge is 2.11. The maximum absolute atomic E-state index is 6.23. The van der Waals surface area contributed by atoms with E-state index in [9.17, 15) is 0 Å². The first kappa shape index (κ1) is 24.3. The third kappa shape index (κ3) is 7.69. The molecule has 0 saturated heterocycles. The molecule has 1 aromatic carbocycles. The van der Waals surface area contributed by atoms with Crippen molar-refractivity contribution in [1.29, 1.82) is 0 Å². The van der Waals surface area contributed by atoms with Crippen LogP contribution in [0.4, 0.5) is 0 Å². The first-order valence-electron chi connectivity index (χ1n) is 9.56. The molecule has 2 rings (SSSR count). The third-order valence-corrected chi connectivity index (χ3v) is 4.38. The number of nitrogens with one attached hydrogen (secondary N) is 2. The molecule has 156 valence electrons. The summed E-state index contributed by atoms with van der Waals surface area (Å²) in [6.45, 7) is 9.97. The van der Waals surface area contributed by atoms with Crippen LogP contribution in [0.25, 0.3) is 0 Å². The number of aryl methyl sites for hydroxylation is 2. The van der Waals surface area contributed by atoms with E-state index in [1.54, 1.807) is 13.2 Å². The zero-order valence-corrected chi connectivity index (χ0v) is 20.2. The van der Waals surface area contributed by atoms with E-state index in [1.807, 2.05) is 17.8 Å². The second-order valence-corrected chi connectivity index (χ2v) is 7.39. The van der Waals surface area contributed by atoms with Crippen LogP contribution in [0.3, 0.4) is 0 Å². The fourth-order valence-electron chi connectivity index (χ4n) is 2.99. The van der Waals surface area contributed by atoms with Gasteiger partial charge in [-0.05, 0) is 43.9 Å². The van der Waals surface area contributed by atoms with Gasteiger partial charge in [0.1, 0.15) is 5.75 Å². The number of nitrogens with zero attached hydrogens (tertiary/aromatic N) is 3. The van der Waals surface area contributed by atoms with Gasteiger partial charge in [-0.15, -0.1) is 24.0 Å². The molecular weight excluding hydrogens is 465 g/mol. The van der Waals surface area contributed by atoms with Gasteiger partial charge < -0.3 is 15.4 Å². The highest BCUT2D eigenvalue weighted by Crippen LogP contribution is 2.23. The van der Waals surface area contributed by atoms with Gasteiger partial charge in [-0.2, -0.15) is 5.10 Å². The molecule has 0 aliphatic carbocycles. The first-order chi connectivity index (χ1) is 12.9. The van der Waals surface area contributed by atoms with Gasteiger partial charge in [-0.1, -0.05) is 26.0 Å². The Labute approximate surface area is 186 Å². The summed E-state index contributed by atoms with van der Waals surface area (Å²) in [6.07, 6.45) is 3.02. The van der Waals surface area contributed by atoms with Gasteiger partial charge in [0, 0.05) is 32.4 Å². The average molecular weight is 499 g/mol. The molecule has 0 bridgehead atoms. The van der Waals surface area contributed by atoms with E-state index in [2.05, 4.69) is 66.6 Å². The number of rotatable bonds is 8. The van der Waals surface area contributed by atoms with E-state index in [4.69, 9.17) is 4.74 Å². The predicted molar refractivity (Wildman–Crippen MR) is 126 cm³/mol. The van der Waals surface area contributed by atoms with Crippen LogP contribution in [0.5, 0.6) is 5.75 Å². The second kappa shape index (κ2) is 11.9. The van der Waals surface area contributed by atoms with Crippen molar-refractivity contribution in [3.8, 4) is 5.75 Å². The molecule has 1 unspecified atom stereocenters. The van der Waals surface area contributed by atoms with Crippen molar-refractivity contribution in [3.05, 3.63) is 47.3 Å². The van der Waals surface area contributed by atoms with Crippen LogP contribution >= 0.6 is 24.0 Å². The van der Waals surface area contributed by atoms with E-state index in [-0.39, 0.29) is 30.1 Å². The third-order valence-electron chi connectivity index (χ3n) is 4.38. The number of benzene rings is 1. The van der Waals surface area contributed by atoms with E-state index < -0.39 is 0 Å². The van der Waals surface area contributed by atoms with Crippen molar-refractivity contribution >= 4 is 29.9 Å². The predicted octanol–water partition coefficient (Wildman–Crippen LogP) is 4.03. The summed E-state index contributed by atoms with van der Waals surface area (Å²) in [4.78, 5) is 4.30. The molecule has 0 aliphatic rings. The number of halogens is 1. The molecule has 6 nitrogen and oxygen atoms in total. The van der Waals surface area contributed by atoms with Gasteiger partial charge in [0.25, 0.3) is 0 Å². The molecule has 7 heteroatoms. The number of hydrogen-bond donors (Lipinski definition) is 2. The summed E-state index contributed by atoms with van der Waals surface area (Å²) in [5.41, 5.74) is 3.42. The summed E-state index contributed by atoms with van der Waals surface area (Å²) in [6, 6.07) is 8.33. The minimum atomic E-state index is 0. The van der Waals surface area contributed by atoms with Crippen LogP contribution < -0.4 is 15.4 Å². The lowest BCUT2D eigenvalue weighted by atomic mass is 10.1. The van der Waals surface area contributed by atoms with E-state index in [0.29, 0.717) is 19.0 Å². The van der Waals surface area contributed by atoms with Crippen LogP contribution in [0.1, 0.15) is 44.0 Å². The topological polar surface area (TPSA) is 63.5 Å². The molecule has 28 heavy (non-hydrogen) atoms. The summed E-state index contributed by atoms with van der Waals surface area (Å²) < 4.78 is 8.08. The largest absolute Gasteiger partial charge is 0.490 e. The minimum absolute atomic E-state index is 0. The highest BCUT2D eigenvalue weighted by molar-refractivity contribution is 14.0. The molecule has 0 radical (unpaired) electrons. The second-order valence-electron chi connectivity index (χ2n) is 7.39. The van der Waals surface area contributed by atoms with Crippen molar-refractivity contribution in [2.45, 2.75) is 53.3 Å². The van der Waals surface area contributed by atoms with Gasteiger partial charge >= 0.3 is 0 Å². The lowest BCUT2D eigenvalue weighted by Crippen LogP contribution is -2.36. The molecule has 0 saturated carbocycles. The molecule has 0 amide bonds. The Morgan fingerprint density at radius 1 is 1.18 bits per heavy atom. The molecule has 0 aliphatic heterocycles. The summed E-state index contributed by atoms with van der Waals surface area (Å²) in [7, 11) is 3.71. The normalized spacial score (nSPS) is 12.5. The Morgan fingerprint density at radius 3 is 2.50 bits per heavy atom. The van der Waals surface area contributed by atoms with Gasteiger partial charge in [0.2, 0.25) is 0 Å². The van der Waals surface area contributed by atoms with Crippen LogP contribution in [-0.2, 0) is 20.1 Å². The van der Waals surface area contributed by atoms with Crippen LogP contribution in [0.2, 0.25) is 0 Å². The van der Waals surface area contributed by atoms with Gasteiger partial charge in [0.15, 0.2) is 5.96 Å². The number of aromatic nitrogens is 2. The monoisotopic (exact) mass is 499 g/mol. The molecule has 1 aromatic heterocycles. The summed E-state index contributed by atoms with van der Waals surface area (Å²) in [5, 5.41) is 10.9. The summed E-state index contributed by atoms with van der Waals surface area (Å²) >= 11 is 0. The quantitative estimate of drug-likeness (QED) is 0.327. The highest BCUT2D eigenvalue weighted by atomic mass is 127. The maximum atomic E-state index is 6.23. The van der Waals surface area contributed by atoms with Gasteiger partial charge in [0.05, 0.1) is 18.3 Å². The molecule has 1 heterocycles. The summed E-state index contributed by atoms with van der Waals surface area (Å²) in [5.74, 6) is 2.30. The number of ether oxygens (including phenoxy) is 1. The molecule has 0 spiro atoms.